The Balaban J connectivity index is 2.02. The van der Waals surface area contributed by atoms with Gasteiger partial charge in [0.15, 0.2) is 6.79 Å². The Kier molecular flexibility index (Phi) is 6.49. The predicted octanol–water partition coefficient (Wildman–Crippen LogP) is 4.05. The van der Waals surface area contributed by atoms with Gasteiger partial charge in [0.1, 0.15) is 17.4 Å². The van der Waals surface area contributed by atoms with E-state index in [1.807, 2.05) is 6.20 Å². The molecule has 30 heavy (non-hydrogen) atoms. The molecule has 0 aliphatic heterocycles. The molecule has 0 aliphatic rings. The Bertz CT molecular complexity index is 1130. The number of ether oxygens (including phenoxy) is 3. The first-order valence-corrected chi connectivity index (χ1v) is 9.17. The largest absolute Gasteiger partial charge is 0.467 e. The quantitative estimate of drug-likeness (QED) is 0.438. The van der Waals surface area contributed by atoms with Crippen LogP contribution in [0.2, 0.25) is 0 Å². The van der Waals surface area contributed by atoms with Gasteiger partial charge in [0, 0.05) is 36.8 Å². The Morgan fingerprint density at radius 1 is 1.07 bits per heavy atom. The van der Waals surface area contributed by atoms with Crippen molar-refractivity contribution in [3.63, 3.8) is 0 Å². The van der Waals surface area contributed by atoms with Crippen LogP contribution < -0.4 is 4.74 Å². The number of methoxy groups -OCH3 is 1. The van der Waals surface area contributed by atoms with Crippen LogP contribution >= 0.6 is 0 Å². The molecule has 0 saturated heterocycles. The number of hydrogen-bond donors (Lipinski definition) is 0. The molecule has 0 N–H and O–H groups in total. The molecular weight excluding hydrogens is 382 g/mol. The van der Waals surface area contributed by atoms with E-state index in [-0.39, 0.29) is 19.0 Å². The molecule has 2 aromatic carbocycles. The van der Waals surface area contributed by atoms with Gasteiger partial charge in [-0.25, -0.2) is 4.79 Å². The lowest BCUT2D eigenvalue weighted by molar-refractivity contribution is 0.0438. The summed E-state index contributed by atoms with van der Waals surface area (Å²) in [6.07, 6.45) is 3.52. The van der Waals surface area contributed by atoms with Crippen LogP contribution in [0.3, 0.4) is 0 Å². The van der Waals surface area contributed by atoms with Crippen molar-refractivity contribution in [2.75, 3.05) is 20.5 Å². The topological polar surface area (TPSA) is 97.3 Å². The Hall–Kier alpha value is -4.07. The van der Waals surface area contributed by atoms with Crippen molar-refractivity contribution in [3.05, 3.63) is 71.5 Å². The van der Waals surface area contributed by atoms with E-state index in [2.05, 4.69) is 12.1 Å². The fraction of sp³-hybridized carbons (Fsp3) is 0.174. The zero-order valence-corrected chi connectivity index (χ0v) is 16.6. The summed E-state index contributed by atoms with van der Waals surface area (Å²) in [5.74, 6) is -0.168. The second-order valence-electron chi connectivity index (χ2n) is 6.25. The van der Waals surface area contributed by atoms with Crippen LogP contribution in [0.15, 0.2) is 54.9 Å². The first kappa shape index (κ1) is 20.7. The van der Waals surface area contributed by atoms with Gasteiger partial charge in [-0.3, -0.25) is 0 Å². The first-order valence-electron chi connectivity index (χ1n) is 9.17. The Morgan fingerprint density at radius 3 is 2.47 bits per heavy atom. The highest BCUT2D eigenvalue weighted by Gasteiger charge is 2.16. The molecule has 3 aromatic rings. The third kappa shape index (κ3) is 4.33. The van der Waals surface area contributed by atoms with Gasteiger partial charge in [-0.05, 0) is 36.8 Å². The van der Waals surface area contributed by atoms with E-state index in [1.165, 1.54) is 7.11 Å². The molecule has 0 spiro atoms. The van der Waals surface area contributed by atoms with Crippen LogP contribution in [0.1, 0.15) is 28.4 Å². The van der Waals surface area contributed by atoms with Crippen LogP contribution in [0.5, 0.6) is 5.75 Å². The summed E-state index contributed by atoms with van der Waals surface area (Å²) in [5.41, 5.74) is 3.57. The van der Waals surface area contributed by atoms with E-state index >= 15 is 0 Å². The van der Waals surface area contributed by atoms with E-state index < -0.39 is 5.97 Å². The fourth-order valence-corrected chi connectivity index (χ4v) is 2.94. The minimum atomic E-state index is -0.487. The number of rotatable bonds is 7. The summed E-state index contributed by atoms with van der Waals surface area (Å²) in [4.78, 5) is 12.2. The summed E-state index contributed by atoms with van der Waals surface area (Å²) in [6.45, 7) is 1.96. The average molecular weight is 401 g/mol. The molecule has 0 unspecified atom stereocenters. The maximum absolute atomic E-state index is 12.2. The highest BCUT2D eigenvalue weighted by molar-refractivity contribution is 5.93. The summed E-state index contributed by atoms with van der Waals surface area (Å²) >= 11 is 0. The molecule has 1 aromatic heterocycles. The predicted molar refractivity (Wildman–Crippen MR) is 109 cm³/mol. The van der Waals surface area contributed by atoms with E-state index in [1.54, 1.807) is 60.2 Å². The highest BCUT2D eigenvalue weighted by atomic mass is 16.7. The van der Waals surface area contributed by atoms with Crippen molar-refractivity contribution in [1.29, 1.82) is 10.5 Å². The third-order valence-electron chi connectivity index (χ3n) is 4.36. The zero-order valence-electron chi connectivity index (χ0n) is 16.6. The molecule has 1 heterocycles. The number of benzene rings is 2. The zero-order chi connectivity index (χ0) is 21.5. The van der Waals surface area contributed by atoms with E-state index in [9.17, 15) is 10.1 Å². The molecule has 0 saturated carbocycles. The maximum Gasteiger partial charge on any atom is 0.341 e. The standard InChI is InChI=1S/C23H19N3O4/c1-3-29-23(27)20-9-8-19(10-22(20)30-15-28-2)26-13-18(12-25)21(14-26)17-6-4-16(11-24)5-7-17/h4-10,13-14H,3,15H2,1-2H3. The first-order chi connectivity index (χ1) is 14.6. The number of aromatic nitrogens is 1. The molecular formula is C23H19N3O4. The minimum Gasteiger partial charge on any atom is -0.467 e. The molecule has 0 radical (unpaired) electrons. The number of nitriles is 2. The van der Waals surface area contributed by atoms with Gasteiger partial charge in [0.2, 0.25) is 0 Å². The van der Waals surface area contributed by atoms with Gasteiger partial charge in [0.25, 0.3) is 0 Å². The van der Waals surface area contributed by atoms with Gasteiger partial charge in [-0.1, -0.05) is 12.1 Å². The Morgan fingerprint density at radius 2 is 1.83 bits per heavy atom. The summed E-state index contributed by atoms with van der Waals surface area (Å²) in [5, 5.41) is 18.5. The molecule has 0 bridgehead atoms. The maximum atomic E-state index is 12.2. The third-order valence-corrected chi connectivity index (χ3v) is 4.36. The van der Waals surface area contributed by atoms with Gasteiger partial charge in [0.05, 0.1) is 23.8 Å². The number of esters is 1. The van der Waals surface area contributed by atoms with Crippen LogP contribution in [0, 0.1) is 22.7 Å². The summed E-state index contributed by atoms with van der Waals surface area (Å²) in [7, 11) is 1.49. The number of hydrogen-bond acceptors (Lipinski definition) is 6. The second-order valence-corrected chi connectivity index (χ2v) is 6.25. The van der Waals surface area contributed by atoms with Gasteiger partial charge >= 0.3 is 5.97 Å². The van der Waals surface area contributed by atoms with E-state index in [0.717, 1.165) is 11.1 Å². The van der Waals surface area contributed by atoms with E-state index in [4.69, 9.17) is 19.5 Å². The van der Waals surface area contributed by atoms with Crippen LogP contribution in [0.25, 0.3) is 16.8 Å². The molecule has 7 heteroatoms. The lowest BCUT2D eigenvalue weighted by Crippen LogP contribution is -2.10. The minimum absolute atomic E-state index is 0.0263. The van der Waals surface area contributed by atoms with Crippen molar-refractivity contribution in [1.82, 2.24) is 4.57 Å². The van der Waals surface area contributed by atoms with Crippen molar-refractivity contribution >= 4 is 5.97 Å². The van der Waals surface area contributed by atoms with Gasteiger partial charge in [-0.2, -0.15) is 10.5 Å². The summed E-state index contributed by atoms with van der Waals surface area (Å²) < 4.78 is 17.4. The lowest BCUT2D eigenvalue weighted by atomic mass is 10.0. The highest BCUT2D eigenvalue weighted by Crippen LogP contribution is 2.29. The van der Waals surface area contributed by atoms with Crippen LogP contribution in [-0.2, 0) is 9.47 Å². The summed E-state index contributed by atoms with van der Waals surface area (Å²) in [6, 6.07) is 16.3. The average Bonchev–Trinajstić information content (AvgIpc) is 3.22. The smallest absolute Gasteiger partial charge is 0.341 e. The molecule has 0 atom stereocenters. The second kappa shape index (κ2) is 9.42. The SMILES string of the molecule is CCOC(=O)c1ccc(-n2cc(C#N)c(-c3ccc(C#N)cc3)c2)cc1OCOC. The number of carbonyl (C=O) groups excluding carboxylic acids is 1. The van der Waals surface area contributed by atoms with Crippen LogP contribution in [0.4, 0.5) is 0 Å². The monoisotopic (exact) mass is 401 g/mol. The van der Waals surface area contributed by atoms with Crippen molar-refractivity contribution in [2.45, 2.75) is 6.92 Å². The Labute approximate surface area is 174 Å². The molecule has 7 nitrogen and oxygen atoms in total. The number of nitrogens with zero attached hydrogens (tertiary/aromatic N) is 3. The molecule has 0 fully saturated rings. The fourth-order valence-electron chi connectivity index (χ4n) is 2.94. The van der Waals surface area contributed by atoms with E-state index in [0.29, 0.717) is 22.6 Å². The normalized spacial score (nSPS) is 10.1. The van der Waals surface area contributed by atoms with Crippen molar-refractivity contribution in [2.24, 2.45) is 0 Å². The van der Waals surface area contributed by atoms with Crippen molar-refractivity contribution < 1.29 is 19.0 Å². The number of carbonyl (C=O) groups is 1. The van der Waals surface area contributed by atoms with Crippen LogP contribution in [-0.4, -0.2) is 31.0 Å². The lowest BCUT2D eigenvalue weighted by Gasteiger charge is -2.12. The van der Waals surface area contributed by atoms with Gasteiger partial charge < -0.3 is 18.8 Å². The molecule has 3 rings (SSSR count). The molecule has 0 aliphatic carbocycles. The molecule has 0 amide bonds. The molecule has 150 valence electrons. The van der Waals surface area contributed by atoms with Gasteiger partial charge in [-0.15, -0.1) is 0 Å². The van der Waals surface area contributed by atoms with Crippen molar-refractivity contribution in [3.8, 4) is 34.7 Å².